The largest absolute Gasteiger partial charge is 0.393 e. The maximum absolute atomic E-state index is 10.3. The molecule has 184 valence electrons. The average molecular weight is 459 g/mol. The Labute approximate surface area is 201 Å². The maximum Gasteiger partial charge on any atom is 0.0577 e. The summed E-state index contributed by atoms with van der Waals surface area (Å²) >= 11 is 0. The molecule has 0 heterocycles. The van der Waals surface area contributed by atoms with Crippen molar-refractivity contribution in [3.63, 3.8) is 0 Å². The van der Waals surface area contributed by atoms with Gasteiger partial charge in [0.2, 0.25) is 0 Å². The van der Waals surface area contributed by atoms with Crippen LogP contribution in [0.25, 0.3) is 0 Å². The van der Waals surface area contributed by atoms with E-state index in [1.165, 1.54) is 63.8 Å². The summed E-state index contributed by atoms with van der Waals surface area (Å²) in [7, 11) is -0.916. The maximum atomic E-state index is 10.3. The highest BCUT2D eigenvalue weighted by Gasteiger charge is 2.59. The van der Waals surface area contributed by atoms with Gasteiger partial charge in [-0.1, -0.05) is 84.3 Å². The molecule has 0 saturated heterocycles. The summed E-state index contributed by atoms with van der Waals surface area (Å²) in [5.74, 6) is 5.51. The van der Waals surface area contributed by atoms with E-state index in [-0.39, 0.29) is 6.10 Å². The van der Waals surface area contributed by atoms with Crippen LogP contribution < -0.4 is 0 Å². The van der Waals surface area contributed by atoms with E-state index in [4.69, 9.17) is 0 Å². The van der Waals surface area contributed by atoms with Gasteiger partial charge in [0.1, 0.15) is 0 Å². The molecule has 0 spiro atoms. The molecular formula is C30H54OSi. The van der Waals surface area contributed by atoms with Gasteiger partial charge in [-0.3, -0.25) is 0 Å². The Kier molecular flexibility index (Phi) is 7.17. The molecule has 0 bridgehead atoms. The Morgan fingerprint density at radius 3 is 2.47 bits per heavy atom. The van der Waals surface area contributed by atoms with Gasteiger partial charge in [0, 0.05) is 8.07 Å². The van der Waals surface area contributed by atoms with E-state index in [2.05, 4.69) is 53.4 Å². The topological polar surface area (TPSA) is 20.2 Å². The Hall–Kier alpha value is -0.0831. The lowest BCUT2D eigenvalue weighted by Gasteiger charge is -2.58. The van der Waals surface area contributed by atoms with E-state index in [1.54, 1.807) is 5.57 Å². The fourth-order valence-corrected chi connectivity index (χ4v) is 12.0. The smallest absolute Gasteiger partial charge is 0.0577 e. The fourth-order valence-electron chi connectivity index (χ4n) is 9.75. The molecule has 3 saturated carbocycles. The van der Waals surface area contributed by atoms with Crippen molar-refractivity contribution in [2.75, 3.05) is 0 Å². The number of aliphatic hydroxyl groups excluding tert-OH is 1. The molecule has 1 unspecified atom stereocenters. The van der Waals surface area contributed by atoms with Crippen LogP contribution in [0.3, 0.4) is 0 Å². The fraction of sp³-hybridized carbons (Fsp3) is 0.933. The molecule has 32 heavy (non-hydrogen) atoms. The van der Waals surface area contributed by atoms with Crippen molar-refractivity contribution < 1.29 is 5.11 Å². The van der Waals surface area contributed by atoms with Crippen molar-refractivity contribution in [2.24, 2.45) is 46.3 Å². The molecule has 2 heteroatoms. The van der Waals surface area contributed by atoms with Gasteiger partial charge in [-0.15, -0.1) is 0 Å². The van der Waals surface area contributed by atoms with Crippen molar-refractivity contribution in [1.82, 2.24) is 0 Å². The van der Waals surface area contributed by atoms with Crippen molar-refractivity contribution in [3.8, 4) is 0 Å². The van der Waals surface area contributed by atoms with Crippen LogP contribution in [0.5, 0.6) is 0 Å². The third-order valence-corrected chi connectivity index (χ3v) is 13.1. The lowest BCUT2D eigenvalue weighted by Crippen LogP contribution is -2.50. The van der Waals surface area contributed by atoms with Gasteiger partial charge >= 0.3 is 0 Å². The predicted molar refractivity (Wildman–Crippen MR) is 142 cm³/mol. The zero-order valence-corrected chi connectivity index (χ0v) is 23.6. The first-order valence-corrected chi connectivity index (χ1v) is 18.0. The summed E-state index contributed by atoms with van der Waals surface area (Å²) in [6.45, 7) is 18.0. The van der Waals surface area contributed by atoms with E-state index in [0.717, 1.165) is 48.3 Å². The van der Waals surface area contributed by atoms with Gasteiger partial charge in [-0.2, -0.15) is 0 Å². The van der Waals surface area contributed by atoms with Crippen LogP contribution in [0.15, 0.2) is 11.6 Å². The Morgan fingerprint density at radius 1 is 1.00 bits per heavy atom. The van der Waals surface area contributed by atoms with Crippen LogP contribution in [0.4, 0.5) is 0 Å². The number of aliphatic hydroxyl groups is 1. The lowest BCUT2D eigenvalue weighted by molar-refractivity contribution is -0.0573. The highest BCUT2D eigenvalue weighted by Crippen LogP contribution is 2.67. The van der Waals surface area contributed by atoms with Gasteiger partial charge in [-0.25, -0.2) is 0 Å². The standard InChI is InChI=1S/C30H54OSi/c1-21(20-32(5,6)7)9-8-10-22(2)26-13-14-27-25-12-11-23-19-24(31)15-17-29(23,3)28(25)16-18-30(26,27)4/h11,21-22,24-28,31H,8-10,12-20H2,1-7H3/t21?,22-,24+,25+,26-,27+,28+,29+,30-/m1/s1. The van der Waals surface area contributed by atoms with Crippen molar-refractivity contribution >= 4 is 8.07 Å². The summed E-state index contributed by atoms with van der Waals surface area (Å²) in [6.07, 6.45) is 17.3. The second kappa shape index (κ2) is 9.18. The van der Waals surface area contributed by atoms with Crippen LogP contribution in [-0.4, -0.2) is 19.3 Å². The summed E-state index contributed by atoms with van der Waals surface area (Å²) in [5.41, 5.74) is 2.59. The predicted octanol–water partition coefficient (Wildman–Crippen LogP) is 8.71. The minimum atomic E-state index is -0.916. The molecule has 0 radical (unpaired) electrons. The van der Waals surface area contributed by atoms with Crippen LogP contribution >= 0.6 is 0 Å². The molecule has 3 fully saturated rings. The molecule has 4 aliphatic rings. The zero-order chi connectivity index (χ0) is 23.3. The van der Waals surface area contributed by atoms with Crippen LogP contribution in [0.1, 0.15) is 98.3 Å². The molecular weight excluding hydrogens is 404 g/mol. The molecule has 0 aromatic rings. The number of allylic oxidation sites excluding steroid dienone is 1. The van der Waals surface area contributed by atoms with Crippen molar-refractivity contribution in [1.29, 1.82) is 0 Å². The van der Waals surface area contributed by atoms with Crippen molar-refractivity contribution in [3.05, 3.63) is 11.6 Å². The Bertz CT molecular complexity index is 691. The zero-order valence-electron chi connectivity index (χ0n) is 22.6. The molecule has 4 aliphatic carbocycles. The Morgan fingerprint density at radius 2 is 1.75 bits per heavy atom. The van der Waals surface area contributed by atoms with E-state index >= 15 is 0 Å². The van der Waals surface area contributed by atoms with Gasteiger partial charge in [0.25, 0.3) is 0 Å². The minimum absolute atomic E-state index is 0.0788. The van der Waals surface area contributed by atoms with Gasteiger partial charge in [-0.05, 0) is 97.7 Å². The highest BCUT2D eigenvalue weighted by atomic mass is 28.3. The Balaban J connectivity index is 1.38. The van der Waals surface area contributed by atoms with Gasteiger partial charge in [0.05, 0.1) is 6.10 Å². The molecule has 4 rings (SSSR count). The number of fused-ring (bicyclic) bond motifs is 5. The second-order valence-corrected chi connectivity index (χ2v) is 20.2. The van der Waals surface area contributed by atoms with E-state index in [9.17, 15) is 5.11 Å². The van der Waals surface area contributed by atoms with Gasteiger partial charge in [0.15, 0.2) is 0 Å². The average Bonchev–Trinajstić information content (AvgIpc) is 3.04. The molecule has 0 aromatic carbocycles. The highest BCUT2D eigenvalue weighted by molar-refractivity contribution is 6.76. The summed E-state index contributed by atoms with van der Waals surface area (Å²) < 4.78 is 0. The number of rotatable bonds is 7. The summed E-state index contributed by atoms with van der Waals surface area (Å²) in [4.78, 5) is 0. The molecule has 1 nitrogen and oxygen atoms in total. The monoisotopic (exact) mass is 458 g/mol. The first kappa shape index (κ1) is 25.0. The summed E-state index contributed by atoms with van der Waals surface area (Å²) in [6, 6.07) is 1.50. The second-order valence-electron chi connectivity index (χ2n) is 14.7. The van der Waals surface area contributed by atoms with E-state index < -0.39 is 8.07 Å². The third-order valence-electron chi connectivity index (χ3n) is 11.2. The first-order chi connectivity index (χ1) is 14.9. The van der Waals surface area contributed by atoms with E-state index in [0.29, 0.717) is 10.8 Å². The normalized spacial score (nSPS) is 43.6. The number of hydrogen-bond acceptors (Lipinski definition) is 1. The molecule has 0 aromatic heterocycles. The SMILES string of the molecule is CC(CCC[C@@H](C)[C@H]1CC[C@H]2[C@@H]3CC=C4C[C@@H](O)CC[C@]4(C)[C@H]3CC[C@]12C)C[Si](C)(C)C. The van der Waals surface area contributed by atoms with Crippen LogP contribution in [0, 0.1) is 46.3 Å². The molecule has 1 N–H and O–H groups in total. The quantitative estimate of drug-likeness (QED) is 0.299. The molecule has 0 aliphatic heterocycles. The minimum Gasteiger partial charge on any atom is -0.393 e. The van der Waals surface area contributed by atoms with Crippen LogP contribution in [0.2, 0.25) is 25.7 Å². The lowest BCUT2D eigenvalue weighted by atomic mass is 9.47. The van der Waals surface area contributed by atoms with Crippen molar-refractivity contribution in [2.45, 2.75) is 130 Å². The van der Waals surface area contributed by atoms with Crippen LogP contribution in [-0.2, 0) is 0 Å². The first-order valence-electron chi connectivity index (χ1n) is 14.3. The molecule has 0 amide bonds. The molecule has 9 atom stereocenters. The van der Waals surface area contributed by atoms with Gasteiger partial charge < -0.3 is 5.11 Å². The number of hydrogen-bond donors (Lipinski definition) is 1. The third kappa shape index (κ3) is 4.71. The van der Waals surface area contributed by atoms with E-state index in [1.807, 2.05) is 0 Å². The summed E-state index contributed by atoms with van der Waals surface area (Å²) in [5, 5.41) is 10.3.